The highest BCUT2D eigenvalue weighted by molar-refractivity contribution is 9.10. The number of hydrogen-bond donors (Lipinski definition) is 2. The zero-order valence-corrected chi connectivity index (χ0v) is 11.2. The average molecular weight is 305 g/mol. The van der Waals surface area contributed by atoms with Gasteiger partial charge in [-0.3, -0.25) is 0 Å². The number of rotatable bonds is 4. The summed E-state index contributed by atoms with van der Waals surface area (Å²) in [5.74, 6) is -0.423. The van der Waals surface area contributed by atoms with E-state index in [9.17, 15) is 9.18 Å². The largest absolute Gasteiger partial charge is 0.383 e. The monoisotopic (exact) mass is 304 g/mol. The Balaban J connectivity index is 2.53. The molecule has 0 aromatic heterocycles. The van der Waals surface area contributed by atoms with Gasteiger partial charge in [-0.05, 0) is 41.1 Å². The standard InChI is InChI=1S/C11H14BrFN2O2/c1-7(6-17-2)14-11(16)15-8-3-4-9(12)10(13)5-8/h3-5,7H,6H2,1-2H3,(H2,14,15,16). The number of hydrogen-bond acceptors (Lipinski definition) is 2. The number of carbonyl (C=O) groups excluding carboxylic acids is 1. The molecule has 0 fully saturated rings. The summed E-state index contributed by atoms with van der Waals surface area (Å²) in [7, 11) is 1.56. The highest BCUT2D eigenvalue weighted by atomic mass is 79.9. The Morgan fingerprint density at radius 2 is 2.29 bits per heavy atom. The van der Waals surface area contributed by atoms with E-state index in [4.69, 9.17) is 4.74 Å². The van der Waals surface area contributed by atoms with Gasteiger partial charge in [-0.25, -0.2) is 9.18 Å². The predicted molar refractivity (Wildman–Crippen MR) is 67.6 cm³/mol. The fourth-order valence-electron chi connectivity index (χ4n) is 1.26. The molecule has 1 unspecified atom stereocenters. The zero-order chi connectivity index (χ0) is 12.8. The lowest BCUT2D eigenvalue weighted by Gasteiger charge is -2.13. The van der Waals surface area contributed by atoms with Gasteiger partial charge >= 0.3 is 6.03 Å². The molecule has 17 heavy (non-hydrogen) atoms. The lowest BCUT2D eigenvalue weighted by Crippen LogP contribution is -2.38. The highest BCUT2D eigenvalue weighted by Crippen LogP contribution is 2.19. The van der Waals surface area contributed by atoms with Crippen LogP contribution in [-0.2, 0) is 4.74 Å². The molecule has 0 saturated heterocycles. The van der Waals surface area contributed by atoms with Crippen LogP contribution >= 0.6 is 15.9 Å². The van der Waals surface area contributed by atoms with Crippen LogP contribution in [0.5, 0.6) is 0 Å². The summed E-state index contributed by atoms with van der Waals surface area (Å²) < 4.78 is 18.4. The maximum Gasteiger partial charge on any atom is 0.319 e. The normalized spacial score (nSPS) is 12.0. The van der Waals surface area contributed by atoms with Crippen molar-refractivity contribution >= 4 is 27.6 Å². The minimum atomic E-state index is -0.423. The van der Waals surface area contributed by atoms with Crippen LogP contribution in [0.1, 0.15) is 6.92 Å². The number of amides is 2. The molecular weight excluding hydrogens is 291 g/mol. The van der Waals surface area contributed by atoms with Crippen molar-refractivity contribution in [2.75, 3.05) is 19.0 Å². The van der Waals surface area contributed by atoms with Crippen molar-refractivity contribution in [1.29, 1.82) is 0 Å². The molecular formula is C11H14BrFN2O2. The van der Waals surface area contributed by atoms with Gasteiger partial charge in [0.25, 0.3) is 0 Å². The molecule has 0 heterocycles. The number of methoxy groups -OCH3 is 1. The summed E-state index contributed by atoms with van der Waals surface area (Å²) in [5, 5.41) is 5.19. The van der Waals surface area contributed by atoms with Crippen molar-refractivity contribution in [3.8, 4) is 0 Å². The quantitative estimate of drug-likeness (QED) is 0.898. The van der Waals surface area contributed by atoms with E-state index in [1.54, 1.807) is 13.2 Å². The van der Waals surface area contributed by atoms with Gasteiger partial charge in [0.05, 0.1) is 17.1 Å². The number of ether oxygens (including phenoxy) is 1. The van der Waals surface area contributed by atoms with Crippen molar-refractivity contribution < 1.29 is 13.9 Å². The fraction of sp³-hybridized carbons (Fsp3) is 0.364. The zero-order valence-electron chi connectivity index (χ0n) is 9.59. The molecule has 6 heteroatoms. The lowest BCUT2D eigenvalue weighted by molar-refractivity contribution is 0.173. The van der Waals surface area contributed by atoms with Crippen LogP contribution in [0, 0.1) is 5.82 Å². The predicted octanol–water partition coefficient (Wildman–Crippen LogP) is 2.74. The number of carbonyl (C=O) groups is 1. The first-order valence-corrected chi connectivity index (χ1v) is 5.83. The third-order valence-electron chi connectivity index (χ3n) is 1.97. The Labute approximate surface area is 108 Å². The van der Waals surface area contributed by atoms with Crippen molar-refractivity contribution in [3.05, 3.63) is 28.5 Å². The van der Waals surface area contributed by atoms with Gasteiger partial charge in [0.15, 0.2) is 0 Å². The molecule has 1 atom stereocenters. The maximum absolute atomic E-state index is 13.2. The number of halogens is 2. The molecule has 4 nitrogen and oxygen atoms in total. The second kappa shape index (κ2) is 6.56. The van der Waals surface area contributed by atoms with Crippen LogP contribution < -0.4 is 10.6 Å². The highest BCUT2D eigenvalue weighted by Gasteiger charge is 2.08. The molecule has 2 N–H and O–H groups in total. The Kier molecular flexibility index (Phi) is 5.37. The van der Waals surface area contributed by atoms with E-state index < -0.39 is 11.8 Å². The molecule has 2 amide bonds. The minimum absolute atomic E-state index is 0.111. The summed E-state index contributed by atoms with van der Waals surface area (Å²) in [6.07, 6.45) is 0. The Morgan fingerprint density at radius 1 is 1.59 bits per heavy atom. The second-order valence-corrected chi connectivity index (χ2v) is 4.44. The van der Waals surface area contributed by atoms with Crippen LogP contribution in [0.25, 0.3) is 0 Å². The van der Waals surface area contributed by atoms with Crippen molar-refractivity contribution in [3.63, 3.8) is 0 Å². The van der Waals surface area contributed by atoms with Crippen molar-refractivity contribution in [2.24, 2.45) is 0 Å². The molecule has 0 saturated carbocycles. The van der Waals surface area contributed by atoms with E-state index in [2.05, 4.69) is 26.6 Å². The maximum atomic E-state index is 13.2. The van der Waals surface area contributed by atoms with Crippen LogP contribution in [0.3, 0.4) is 0 Å². The molecule has 1 rings (SSSR count). The molecule has 0 aliphatic heterocycles. The number of benzene rings is 1. The van der Waals surface area contributed by atoms with E-state index in [0.717, 1.165) is 0 Å². The summed E-state index contributed by atoms with van der Waals surface area (Å²) in [5.41, 5.74) is 0.396. The second-order valence-electron chi connectivity index (χ2n) is 3.58. The van der Waals surface area contributed by atoms with Crippen LogP contribution in [-0.4, -0.2) is 25.8 Å². The minimum Gasteiger partial charge on any atom is -0.383 e. The molecule has 0 spiro atoms. The average Bonchev–Trinajstić information content (AvgIpc) is 2.23. The van der Waals surface area contributed by atoms with E-state index in [1.165, 1.54) is 12.1 Å². The topological polar surface area (TPSA) is 50.4 Å². The number of anilines is 1. The number of urea groups is 1. The van der Waals surface area contributed by atoms with Crippen LogP contribution in [0.4, 0.5) is 14.9 Å². The van der Waals surface area contributed by atoms with Gasteiger partial charge in [-0.2, -0.15) is 0 Å². The fourth-order valence-corrected chi connectivity index (χ4v) is 1.50. The third kappa shape index (κ3) is 4.70. The first kappa shape index (κ1) is 13.9. The molecule has 0 bridgehead atoms. The molecule has 94 valence electrons. The molecule has 1 aromatic carbocycles. The van der Waals surface area contributed by atoms with Crippen molar-refractivity contribution in [2.45, 2.75) is 13.0 Å². The SMILES string of the molecule is COCC(C)NC(=O)Nc1ccc(Br)c(F)c1. The lowest BCUT2D eigenvalue weighted by atomic mass is 10.3. The van der Waals surface area contributed by atoms with Gasteiger partial charge in [0, 0.05) is 12.8 Å². The van der Waals surface area contributed by atoms with Gasteiger partial charge < -0.3 is 15.4 Å². The first-order valence-electron chi connectivity index (χ1n) is 5.04. The Morgan fingerprint density at radius 3 is 2.88 bits per heavy atom. The van der Waals surface area contributed by atoms with Crippen LogP contribution in [0.15, 0.2) is 22.7 Å². The van der Waals surface area contributed by atoms with E-state index in [1.807, 2.05) is 6.92 Å². The van der Waals surface area contributed by atoms with Crippen molar-refractivity contribution in [1.82, 2.24) is 5.32 Å². The van der Waals surface area contributed by atoms with Gasteiger partial charge in [-0.1, -0.05) is 0 Å². The molecule has 0 radical (unpaired) electrons. The van der Waals surface area contributed by atoms with E-state index in [0.29, 0.717) is 16.8 Å². The van der Waals surface area contributed by atoms with Gasteiger partial charge in [-0.15, -0.1) is 0 Å². The molecule has 0 aliphatic rings. The summed E-state index contributed by atoms with van der Waals surface area (Å²) in [6, 6.07) is 3.87. The van der Waals surface area contributed by atoms with Gasteiger partial charge in [0.1, 0.15) is 5.82 Å². The Bertz CT molecular complexity index is 401. The summed E-state index contributed by atoms with van der Waals surface area (Å²) in [4.78, 5) is 11.5. The van der Waals surface area contributed by atoms with E-state index >= 15 is 0 Å². The Hall–Kier alpha value is -1.14. The third-order valence-corrected chi connectivity index (χ3v) is 2.61. The number of nitrogens with one attached hydrogen (secondary N) is 2. The van der Waals surface area contributed by atoms with E-state index in [-0.39, 0.29) is 6.04 Å². The molecule has 0 aliphatic carbocycles. The van der Waals surface area contributed by atoms with Crippen LogP contribution in [0.2, 0.25) is 0 Å². The first-order chi connectivity index (χ1) is 8.02. The van der Waals surface area contributed by atoms with Gasteiger partial charge in [0.2, 0.25) is 0 Å². The smallest absolute Gasteiger partial charge is 0.319 e. The molecule has 1 aromatic rings. The summed E-state index contributed by atoms with van der Waals surface area (Å²) >= 11 is 3.04. The summed E-state index contributed by atoms with van der Waals surface area (Å²) in [6.45, 7) is 2.23.